The maximum absolute atomic E-state index is 12.1. The van der Waals surface area contributed by atoms with Gasteiger partial charge in [0.05, 0.1) is 23.2 Å². The zero-order chi connectivity index (χ0) is 14.0. The molecule has 102 valence electrons. The van der Waals surface area contributed by atoms with Crippen LogP contribution in [0, 0.1) is 0 Å². The first-order valence-electron chi connectivity index (χ1n) is 5.73. The Labute approximate surface area is 108 Å². The first kappa shape index (κ1) is 14.9. The van der Waals surface area contributed by atoms with E-state index >= 15 is 0 Å². The van der Waals surface area contributed by atoms with Crippen LogP contribution in [0.1, 0.15) is 20.8 Å². The minimum absolute atomic E-state index is 0.0402. The van der Waals surface area contributed by atoms with Crippen molar-refractivity contribution in [3.63, 3.8) is 0 Å². The summed E-state index contributed by atoms with van der Waals surface area (Å²) in [6, 6.07) is 3.20. The van der Waals surface area contributed by atoms with E-state index in [2.05, 4.69) is 4.98 Å². The van der Waals surface area contributed by atoms with Crippen LogP contribution in [-0.4, -0.2) is 43.5 Å². The molecule has 0 saturated carbocycles. The quantitative estimate of drug-likeness (QED) is 0.888. The predicted molar refractivity (Wildman–Crippen MR) is 71.5 cm³/mol. The molecule has 1 heterocycles. The van der Waals surface area contributed by atoms with Crippen molar-refractivity contribution >= 4 is 15.5 Å². The first-order chi connectivity index (χ1) is 8.20. The van der Waals surface area contributed by atoms with E-state index < -0.39 is 14.6 Å². The zero-order valence-corrected chi connectivity index (χ0v) is 12.0. The molecule has 1 aromatic rings. The molecule has 1 aromatic heterocycles. The number of nitrogens with zero attached hydrogens (tertiary/aromatic N) is 2. The number of rotatable bonds is 4. The van der Waals surface area contributed by atoms with Crippen LogP contribution in [0.4, 0.5) is 5.69 Å². The van der Waals surface area contributed by atoms with Gasteiger partial charge in [-0.3, -0.25) is 0 Å². The fourth-order valence-electron chi connectivity index (χ4n) is 1.35. The van der Waals surface area contributed by atoms with Crippen LogP contribution in [0.15, 0.2) is 23.4 Å². The summed E-state index contributed by atoms with van der Waals surface area (Å²) < 4.78 is 23.4. The SMILES string of the molecule is CN(CCO)c1ccc(S(=O)(=O)C(C)(C)C)nc1. The summed E-state index contributed by atoms with van der Waals surface area (Å²) in [4.78, 5) is 5.81. The number of aliphatic hydroxyl groups excluding tert-OH is 1. The molecule has 0 aliphatic carbocycles. The van der Waals surface area contributed by atoms with E-state index in [9.17, 15) is 8.42 Å². The van der Waals surface area contributed by atoms with E-state index in [1.54, 1.807) is 31.7 Å². The second-order valence-electron chi connectivity index (χ2n) is 5.12. The van der Waals surface area contributed by atoms with Gasteiger partial charge < -0.3 is 10.0 Å². The van der Waals surface area contributed by atoms with Crippen LogP contribution in [0.3, 0.4) is 0 Å². The van der Waals surface area contributed by atoms with E-state index in [1.807, 2.05) is 7.05 Å². The van der Waals surface area contributed by atoms with Gasteiger partial charge in [-0.1, -0.05) is 0 Å². The van der Waals surface area contributed by atoms with Crippen LogP contribution >= 0.6 is 0 Å². The van der Waals surface area contributed by atoms with Gasteiger partial charge in [-0.15, -0.1) is 0 Å². The van der Waals surface area contributed by atoms with Gasteiger partial charge >= 0.3 is 0 Å². The number of hydrogen-bond donors (Lipinski definition) is 1. The van der Waals surface area contributed by atoms with Gasteiger partial charge in [0.2, 0.25) is 0 Å². The van der Waals surface area contributed by atoms with Gasteiger partial charge in [-0.05, 0) is 32.9 Å². The molecular weight excluding hydrogens is 252 g/mol. The summed E-state index contributed by atoms with van der Waals surface area (Å²) >= 11 is 0. The highest BCUT2D eigenvalue weighted by Gasteiger charge is 2.31. The maximum atomic E-state index is 12.1. The Morgan fingerprint density at radius 2 is 1.94 bits per heavy atom. The average Bonchev–Trinajstić information content (AvgIpc) is 2.28. The highest BCUT2D eigenvalue weighted by molar-refractivity contribution is 7.92. The molecule has 0 bridgehead atoms. The zero-order valence-electron chi connectivity index (χ0n) is 11.2. The van der Waals surface area contributed by atoms with Crippen molar-refractivity contribution in [1.82, 2.24) is 4.98 Å². The average molecular weight is 272 g/mol. The maximum Gasteiger partial charge on any atom is 0.200 e. The van der Waals surface area contributed by atoms with E-state index in [1.165, 1.54) is 12.3 Å². The van der Waals surface area contributed by atoms with Crippen molar-refractivity contribution in [3.8, 4) is 0 Å². The highest BCUT2D eigenvalue weighted by Crippen LogP contribution is 2.24. The van der Waals surface area contributed by atoms with Gasteiger partial charge in [0.25, 0.3) is 0 Å². The van der Waals surface area contributed by atoms with Crippen LogP contribution in [0.5, 0.6) is 0 Å². The molecule has 0 radical (unpaired) electrons. The Balaban J connectivity index is 3.04. The lowest BCUT2D eigenvalue weighted by Crippen LogP contribution is -2.29. The minimum atomic E-state index is -3.41. The number of aliphatic hydroxyl groups is 1. The molecule has 1 N–H and O–H groups in total. The summed E-state index contributed by atoms with van der Waals surface area (Å²) in [7, 11) is -1.60. The second-order valence-corrected chi connectivity index (χ2v) is 7.77. The van der Waals surface area contributed by atoms with Gasteiger partial charge in [-0.2, -0.15) is 0 Å². The Morgan fingerprint density at radius 3 is 2.33 bits per heavy atom. The van der Waals surface area contributed by atoms with Crippen LogP contribution in [0.25, 0.3) is 0 Å². The Bertz CT molecular complexity index is 489. The van der Waals surface area contributed by atoms with E-state index in [0.29, 0.717) is 6.54 Å². The Kier molecular flexibility index (Phi) is 4.34. The Morgan fingerprint density at radius 1 is 1.33 bits per heavy atom. The molecule has 0 aromatic carbocycles. The molecular formula is C12H20N2O3S. The lowest BCUT2D eigenvalue weighted by molar-refractivity contribution is 0.304. The Hall–Kier alpha value is -1.14. The highest BCUT2D eigenvalue weighted by atomic mass is 32.2. The number of pyridine rings is 1. The molecule has 0 unspecified atom stereocenters. The molecule has 0 saturated heterocycles. The second kappa shape index (κ2) is 5.24. The number of hydrogen-bond acceptors (Lipinski definition) is 5. The van der Waals surface area contributed by atoms with E-state index in [0.717, 1.165) is 5.69 Å². The summed E-state index contributed by atoms with van der Waals surface area (Å²) in [5, 5.41) is 8.91. The summed E-state index contributed by atoms with van der Waals surface area (Å²) in [5.41, 5.74) is 0.775. The lowest BCUT2D eigenvalue weighted by atomic mass is 10.3. The molecule has 0 amide bonds. The fraction of sp³-hybridized carbons (Fsp3) is 0.583. The van der Waals surface area contributed by atoms with Crippen molar-refractivity contribution in [3.05, 3.63) is 18.3 Å². The topological polar surface area (TPSA) is 70.5 Å². The van der Waals surface area contributed by atoms with Crippen LogP contribution < -0.4 is 4.90 Å². The number of sulfone groups is 1. The smallest absolute Gasteiger partial charge is 0.200 e. The van der Waals surface area contributed by atoms with Gasteiger partial charge in [-0.25, -0.2) is 13.4 Å². The molecule has 0 fully saturated rings. The van der Waals surface area contributed by atoms with Gasteiger partial charge in [0.1, 0.15) is 0 Å². The van der Waals surface area contributed by atoms with Crippen LogP contribution in [0.2, 0.25) is 0 Å². The van der Waals surface area contributed by atoms with E-state index in [-0.39, 0.29) is 11.6 Å². The normalized spacial score (nSPS) is 12.5. The molecule has 5 nitrogen and oxygen atoms in total. The monoisotopic (exact) mass is 272 g/mol. The third-order valence-corrected chi connectivity index (χ3v) is 5.08. The van der Waals surface area contributed by atoms with Crippen LogP contribution in [-0.2, 0) is 9.84 Å². The fourth-order valence-corrected chi connectivity index (χ4v) is 2.42. The van der Waals surface area contributed by atoms with Crippen molar-refractivity contribution in [1.29, 1.82) is 0 Å². The van der Waals surface area contributed by atoms with Gasteiger partial charge in [0.15, 0.2) is 14.9 Å². The lowest BCUT2D eigenvalue weighted by Gasteiger charge is -2.20. The first-order valence-corrected chi connectivity index (χ1v) is 7.21. The van der Waals surface area contributed by atoms with Crippen molar-refractivity contribution in [2.45, 2.75) is 30.5 Å². The summed E-state index contributed by atoms with van der Waals surface area (Å²) in [6.45, 7) is 5.47. The summed E-state index contributed by atoms with van der Waals surface area (Å²) in [6.07, 6.45) is 1.51. The van der Waals surface area contributed by atoms with Crippen molar-refractivity contribution < 1.29 is 13.5 Å². The standard InChI is InChI=1S/C12H20N2O3S/c1-12(2,3)18(16,17)11-6-5-10(9-13-11)14(4)7-8-15/h5-6,9,15H,7-8H2,1-4H3. The third kappa shape index (κ3) is 3.00. The predicted octanol–water partition coefficient (Wildman–Crippen LogP) is 1.08. The van der Waals surface area contributed by atoms with Gasteiger partial charge in [0, 0.05) is 13.6 Å². The number of anilines is 1. The molecule has 1 rings (SSSR count). The minimum Gasteiger partial charge on any atom is -0.395 e. The molecule has 6 heteroatoms. The molecule has 0 aliphatic heterocycles. The van der Waals surface area contributed by atoms with Crippen molar-refractivity contribution in [2.75, 3.05) is 25.1 Å². The molecule has 0 aliphatic rings. The van der Waals surface area contributed by atoms with Crippen molar-refractivity contribution in [2.24, 2.45) is 0 Å². The summed E-state index contributed by atoms with van der Waals surface area (Å²) in [5.74, 6) is 0. The number of likely N-dealkylation sites (N-methyl/N-ethyl adjacent to an activating group) is 1. The largest absolute Gasteiger partial charge is 0.395 e. The molecule has 0 spiro atoms. The van der Waals surface area contributed by atoms with E-state index in [4.69, 9.17) is 5.11 Å². The third-order valence-electron chi connectivity index (χ3n) is 2.68. The molecule has 0 atom stereocenters. The number of aromatic nitrogens is 1. The molecule has 18 heavy (non-hydrogen) atoms.